The summed E-state index contributed by atoms with van der Waals surface area (Å²) in [6.07, 6.45) is 0.979. The Morgan fingerprint density at radius 3 is 2.50 bits per heavy atom. The van der Waals surface area contributed by atoms with Crippen LogP contribution in [0, 0.1) is 0 Å². The van der Waals surface area contributed by atoms with Gasteiger partial charge in [-0.15, -0.1) is 0 Å². The first kappa shape index (κ1) is 12.0. The molecular weight excluding hydrogens is 265 g/mol. The zero-order valence-electron chi connectivity index (χ0n) is 9.84. The van der Waals surface area contributed by atoms with Crippen LogP contribution < -0.4 is 5.32 Å². The van der Waals surface area contributed by atoms with Crippen molar-refractivity contribution >= 4 is 23.2 Å². The molecule has 18 heavy (non-hydrogen) atoms. The molecule has 1 heterocycles. The summed E-state index contributed by atoms with van der Waals surface area (Å²) >= 11 is 12.6. The number of halogens is 2. The molecule has 0 bridgehead atoms. The molecule has 92 valence electrons. The molecule has 0 fully saturated rings. The van der Waals surface area contributed by atoms with Gasteiger partial charge in [0.15, 0.2) is 0 Å². The van der Waals surface area contributed by atoms with Gasteiger partial charge in [-0.1, -0.05) is 47.5 Å². The van der Waals surface area contributed by atoms with Crippen LogP contribution in [0.5, 0.6) is 0 Å². The second kappa shape index (κ2) is 4.93. The third kappa shape index (κ3) is 2.03. The minimum Gasteiger partial charge on any atom is -0.312 e. The molecule has 1 aliphatic heterocycles. The van der Waals surface area contributed by atoms with Crippen molar-refractivity contribution in [3.05, 3.63) is 57.6 Å². The fraction of sp³-hybridized carbons (Fsp3) is 0.200. The van der Waals surface area contributed by atoms with Gasteiger partial charge in [-0.05, 0) is 41.8 Å². The van der Waals surface area contributed by atoms with Crippen molar-refractivity contribution in [2.45, 2.75) is 13.0 Å². The summed E-state index contributed by atoms with van der Waals surface area (Å²) in [6.45, 7) is 1.84. The van der Waals surface area contributed by atoms with Gasteiger partial charge in [0.25, 0.3) is 0 Å². The molecular formula is C15H13Cl2N. The van der Waals surface area contributed by atoms with Gasteiger partial charge in [0.2, 0.25) is 0 Å². The summed E-state index contributed by atoms with van der Waals surface area (Å²) in [7, 11) is 0. The summed E-state index contributed by atoms with van der Waals surface area (Å²) < 4.78 is 0. The number of hydrogen-bond acceptors (Lipinski definition) is 1. The summed E-state index contributed by atoms with van der Waals surface area (Å²) in [5.74, 6) is 0. The molecule has 1 aliphatic rings. The van der Waals surface area contributed by atoms with E-state index in [1.54, 1.807) is 0 Å². The van der Waals surface area contributed by atoms with E-state index in [1.807, 2.05) is 24.3 Å². The highest BCUT2D eigenvalue weighted by atomic mass is 35.5. The second-order valence-corrected chi connectivity index (χ2v) is 5.27. The van der Waals surface area contributed by atoms with Crippen molar-refractivity contribution in [1.82, 2.24) is 5.32 Å². The van der Waals surface area contributed by atoms with Crippen molar-refractivity contribution in [3.8, 4) is 11.1 Å². The van der Waals surface area contributed by atoms with E-state index in [2.05, 4.69) is 17.4 Å². The quantitative estimate of drug-likeness (QED) is 0.819. The van der Waals surface area contributed by atoms with Crippen LogP contribution in [0.2, 0.25) is 10.0 Å². The molecule has 1 N–H and O–H groups in total. The predicted molar refractivity (Wildman–Crippen MR) is 77.3 cm³/mol. The SMILES string of the molecule is Clc1ccccc1-c1ccc(Cl)c2c1CNCC2. The zero-order chi connectivity index (χ0) is 12.5. The fourth-order valence-electron chi connectivity index (χ4n) is 2.50. The van der Waals surface area contributed by atoms with Crippen LogP contribution in [0.25, 0.3) is 11.1 Å². The lowest BCUT2D eigenvalue weighted by Crippen LogP contribution is -2.24. The number of nitrogens with one attached hydrogen (secondary N) is 1. The van der Waals surface area contributed by atoms with Gasteiger partial charge >= 0.3 is 0 Å². The van der Waals surface area contributed by atoms with Gasteiger partial charge < -0.3 is 5.32 Å². The molecule has 2 aromatic rings. The maximum absolute atomic E-state index is 6.29. The molecule has 0 radical (unpaired) electrons. The molecule has 0 unspecified atom stereocenters. The summed E-state index contributed by atoms with van der Waals surface area (Å²) in [5, 5.41) is 5.04. The molecule has 1 nitrogen and oxygen atoms in total. The maximum Gasteiger partial charge on any atom is 0.0484 e. The van der Waals surface area contributed by atoms with Crippen molar-refractivity contribution < 1.29 is 0 Å². The van der Waals surface area contributed by atoms with Gasteiger partial charge in [-0.2, -0.15) is 0 Å². The standard InChI is InChI=1S/C15H13Cl2N/c16-14-4-2-1-3-11(14)10-5-6-15(17)12-7-8-18-9-13(10)12/h1-6,18H,7-9H2. The first-order valence-electron chi connectivity index (χ1n) is 6.03. The number of hydrogen-bond donors (Lipinski definition) is 1. The molecule has 0 aromatic heterocycles. The lowest BCUT2D eigenvalue weighted by Gasteiger charge is -2.22. The number of benzene rings is 2. The van der Waals surface area contributed by atoms with Crippen LogP contribution in [-0.4, -0.2) is 6.54 Å². The van der Waals surface area contributed by atoms with E-state index in [-0.39, 0.29) is 0 Å². The van der Waals surface area contributed by atoms with E-state index in [4.69, 9.17) is 23.2 Å². The summed E-state index contributed by atoms with van der Waals surface area (Å²) in [5.41, 5.74) is 4.80. The van der Waals surface area contributed by atoms with Gasteiger partial charge in [0, 0.05) is 22.2 Å². The minimum absolute atomic E-state index is 0.785. The molecule has 0 aliphatic carbocycles. The lowest BCUT2D eigenvalue weighted by molar-refractivity contribution is 0.645. The number of rotatable bonds is 1. The van der Waals surface area contributed by atoms with E-state index in [0.717, 1.165) is 35.1 Å². The molecule has 3 rings (SSSR count). The molecule has 0 amide bonds. The highest BCUT2D eigenvalue weighted by Gasteiger charge is 2.17. The van der Waals surface area contributed by atoms with Crippen LogP contribution in [0.3, 0.4) is 0 Å². The van der Waals surface area contributed by atoms with Gasteiger partial charge in [-0.25, -0.2) is 0 Å². The first-order chi connectivity index (χ1) is 8.77. The largest absolute Gasteiger partial charge is 0.312 e. The monoisotopic (exact) mass is 277 g/mol. The Balaban J connectivity index is 2.22. The van der Waals surface area contributed by atoms with E-state index in [9.17, 15) is 0 Å². The molecule has 2 aromatic carbocycles. The van der Waals surface area contributed by atoms with Crippen molar-refractivity contribution in [1.29, 1.82) is 0 Å². The molecule has 0 saturated carbocycles. The Kier molecular flexibility index (Phi) is 3.29. The lowest BCUT2D eigenvalue weighted by atomic mass is 9.92. The molecule has 0 saturated heterocycles. The first-order valence-corrected chi connectivity index (χ1v) is 6.79. The van der Waals surface area contributed by atoms with E-state index in [1.165, 1.54) is 16.7 Å². The summed E-state index contributed by atoms with van der Waals surface area (Å²) in [6, 6.07) is 12.0. The summed E-state index contributed by atoms with van der Waals surface area (Å²) in [4.78, 5) is 0. The Labute approximate surface area is 117 Å². The van der Waals surface area contributed by atoms with Gasteiger partial charge in [0.05, 0.1) is 0 Å². The maximum atomic E-state index is 6.29. The average molecular weight is 278 g/mol. The zero-order valence-corrected chi connectivity index (χ0v) is 11.4. The third-order valence-electron chi connectivity index (χ3n) is 3.39. The Hall–Kier alpha value is -1.02. The van der Waals surface area contributed by atoms with E-state index >= 15 is 0 Å². The van der Waals surface area contributed by atoms with Crippen molar-refractivity contribution in [2.24, 2.45) is 0 Å². The van der Waals surface area contributed by atoms with Crippen LogP contribution in [0.15, 0.2) is 36.4 Å². The van der Waals surface area contributed by atoms with Crippen molar-refractivity contribution in [2.75, 3.05) is 6.54 Å². The Bertz CT molecular complexity index is 593. The highest BCUT2D eigenvalue weighted by Crippen LogP contribution is 2.35. The third-order valence-corrected chi connectivity index (χ3v) is 4.08. The Morgan fingerprint density at radius 1 is 0.833 bits per heavy atom. The van der Waals surface area contributed by atoms with Crippen LogP contribution in [0.1, 0.15) is 11.1 Å². The fourth-order valence-corrected chi connectivity index (χ4v) is 3.00. The highest BCUT2D eigenvalue weighted by molar-refractivity contribution is 6.33. The molecule has 0 spiro atoms. The van der Waals surface area contributed by atoms with E-state index in [0.29, 0.717) is 0 Å². The number of fused-ring (bicyclic) bond motifs is 1. The van der Waals surface area contributed by atoms with Crippen molar-refractivity contribution in [3.63, 3.8) is 0 Å². The van der Waals surface area contributed by atoms with Gasteiger partial charge in [0.1, 0.15) is 0 Å². The van der Waals surface area contributed by atoms with Crippen LogP contribution in [0.4, 0.5) is 0 Å². The Morgan fingerprint density at radius 2 is 1.67 bits per heavy atom. The van der Waals surface area contributed by atoms with Crippen LogP contribution >= 0.6 is 23.2 Å². The minimum atomic E-state index is 0.785. The normalized spacial score (nSPS) is 14.3. The van der Waals surface area contributed by atoms with Crippen LogP contribution in [-0.2, 0) is 13.0 Å². The molecule has 3 heteroatoms. The topological polar surface area (TPSA) is 12.0 Å². The predicted octanol–water partition coefficient (Wildman–Crippen LogP) is 4.31. The smallest absolute Gasteiger partial charge is 0.0484 e. The van der Waals surface area contributed by atoms with Gasteiger partial charge in [-0.3, -0.25) is 0 Å². The molecule has 0 atom stereocenters. The van der Waals surface area contributed by atoms with E-state index < -0.39 is 0 Å². The second-order valence-electron chi connectivity index (χ2n) is 4.46. The average Bonchev–Trinajstić information content (AvgIpc) is 2.41.